The summed E-state index contributed by atoms with van der Waals surface area (Å²) in [6, 6.07) is 1.84. The molecule has 0 aliphatic heterocycles. The quantitative estimate of drug-likeness (QED) is 0.613. The van der Waals surface area contributed by atoms with Crippen molar-refractivity contribution in [3.8, 4) is 5.75 Å². The predicted molar refractivity (Wildman–Crippen MR) is 57.9 cm³/mol. The monoisotopic (exact) mass is 195 g/mol. The van der Waals surface area contributed by atoms with Crippen LogP contribution < -0.4 is 21.9 Å². The molecule has 0 fully saturated rings. The van der Waals surface area contributed by atoms with E-state index in [9.17, 15) is 0 Å². The van der Waals surface area contributed by atoms with Gasteiger partial charge in [-0.15, -0.1) is 0 Å². The molecule has 0 heterocycles. The highest BCUT2D eigenvalue weighted by Gasteiger charge is 2.12. The van der Waals surface area contributed by atoms with Gasteiger partial charge in [0.15, 0.2) is 0 Å². The van der Waals surface area contributed by atoms with Crippen molar-refractivity contribution in [1.82, 2.24) is 0 Å². The second-order valence-electron chi connectivity index (χ2n) is 3.17. The minimum absolute atomic E-state index is 0.410. The van der Waals surface area contributed by atoms with E-state index in [-0.39, 0.29) is 0 Å². The fraction of sp³-hybridized carbons (Fsp3) is 0.400. The fourth-order valence-electron chi connectivity index (χ4n) is 1.60. The maximum absolute atomic E-state index is 5.82. The first kappa shape index (κ1) is 10.8. The van der Waals surface area contributed by atoms with Crippen LogP contribution in [-0.4, -0.2) is 7.11 Å². The summed E-state index contributed by atoms with van der Waals surface area (Å²) in [5.74, 6) is 0.669. The molecule has 0 radical (unpaired) electrons. The van der Waals surface area contributed by atoms with Gasteiger partial charge in [-0.05, 0) is 24.1 Å². The van der Waals surface area contributed by atoms with Crippen LogP contribution in [-0.2, 0) is 13.1 Å². The zero-order valence-corrected chi connectivity index (χ0v) is 8.63. The van der Waals surface area contributed by atoms with Crippen molar-refractivity contribution in [2.45, 2.75) is 20.0 Å². The molecular formula is C10H17N3O. The number of methoxy groups -OCH3 is 1. The average Bonchev–Trinajstić information content (AvgIpc) is 2.20. The molecule has 4 nitrogen and oxygen atoms in total. The van der Waals surface area contributed by atoms with Gasteiger partial charge in [-0.25, -0.2) is 0 Å². The van der Waals surface area contributed by atoms with Crippen molar-refractivity contribution in [2.24, 2.45) is 11.5 Å². The number of benzene rings is 1. The maximum Gasteiger partial charge on any atom is 0.146 e. The number of rotatable bonds is 3. The van der Waals surface area contributed by atoms with E-state index in [4.69, 9.17) is 21.9 Å². The summed E-state index contributed by atoms with van der Waals surface area (Å²) in [6.07, 6.45) is 0. The summed E-state index contributed by atoms with van der Waals surface area (Å²) in [5.41, 5.74) is 20.7. The van der Waals surface area contributed by atoms with E-state index < -0.39 is 0 Å². The van der Waals surface area contributed by atoms with Crippen molar-refractivity contribution >= 4 is 5.69 Å². The first-order valence-corrected chi connectivity index (χ1v) is 4.50. The Bertz CT molecular complexity index is 337. The van der Waals surface area contributed by atoms with Crippen LogP contribution in [0.2, 0.25) is 0 Å². The largest absolute Gasteiger partial charge is 0.494 e. The fourth-order valence-corrected chi connectivity index (χ4v) is 1.60. The molecule has 14 heavy (non-hydrogen) atoms. The van der Waals surface area contributed by atoms with Gasteiger partial charge < -0.3 is 21.9 Å². The van der Waals surface area contributed by atoms with Crippen LogP contribution in [0, 0.1) is 6.92 Å². The van der Waals surface area contributed by atoms with Crippen LogP contribution in [0.15, 0.2) is 6.07 Å². The second kappa shape index (κ2) is 4.30. The molecule has 0 aliphatic carbocycles. The number of ether oxygens (including phenoxy) is 1. The smallest absolute Gasteiger partial charge is 0.146 e. The summed E-state index contributed by atoms with van der Waals surface area (Å²) in [7, 11) is 1.59. The third kappa shape index (κ3) is 1.66. The Morgan fingerprint density at radius 3 is 2.36 bits per heavy atom. The molecule has 0 bridgehead atoms. The van der Waals surface area contributed by atoms with Crippen LogP contribution in [0.25, 0.3) is 0 Å². The molecule has 0 atom stereocenters. The molecule has 0 saturated carbocycles. The van der Waals surface area contributed by atoms with E-state index >= 15 is 0 Å². The Morgan fingerprint density at radius 2 is 1.93 bits per heavy atom. The van der Waals surface area contributed by atoms with E-state index in [1.54, 1.807) is 7.11 Å². The summed E-state index contributed by atoms with van der Waals surface area (Å²) < 4.78 is 5.20. The number of anilines is 1. The maximum atomic E-state index is 5.82. The number of nitrogen functional groups attached to an aromatic ring is 1. The summed E-state index contributed by atoms with van der Waals surface area (Å²) in [6.45, 7) is 2.85. The van der Waals surface area contributed by atoms with Crippen LogP contribution in [0.3, 0.4) is 0 Å². The van der Waals surface area contributed by atoms with Gasteiger partial charge in [0, 0.05) is 18.7 Å². The SMILES string of the molecule is COc1c(N)cc(CN)c(C)c1CN. The lowest BCUT2D eigenvalue weighted by Gasteiger charge is -2.15. The summed E-state index contributed by atoms with van der Waals surface area (Å²) >= 11 is 0. The zero-order valence-electron chi connectivity index (χ0n) is 8.63. The van der Waals surface area contributed by atoms with Crippen LogP contribution >= 0.6 is 0 Å². The molecule has 1 rings (SSSR count). The second-order valence-corrected chi connectivity index (χ2v) is 3.17. The van der Waals surface area contributed by atoms with Crippen molar-refractivity contribution in [2.75, 3.05) is 12.8 Å². The standard InChI is InChI=1S/C10H17N3O/c1-6-7(4-11)3-9(13)10(14-2)8(6)5-12/h3H,4-5,11-13H2,1-2H3. The predicted octanol–water partition coefficient (Wildman–Crippen LogP) is 0.503. The minimum Gasteiger partial charge on any atom is -0.494 e. The zero-order chi connectivity index (χ0) is 10.7. The summed E-state index contributed by atoms with van der Waals surface area (Å²) in [5, 5.41) is 0. The van der Waals surface area contributed by atoms with E-state index in [1.165, 1.54) is 0 Å². The minimum atomic E-state index is 0.410. The van der Waals surface area contributed by atoms with E-state index in [2.05, 4.69) is 0 Å². The lowest BCUT2D eigenvalue weighted by Crippen LogP contribution is -2.09. The third-order valence-corrected chi connectivity index (χ3v) is 2.43. The van der Waals surface area contributed by atoms with Gasteiger partial charge in [0.05, 0.1) is 12.8 Å². The van der Waals surface area contributed by atoms with Gasteiger partial charge >= 0.3 is 0 Å². The third-order valence-electron chi connectivity index (χ3n) is 2.43. The molecule has 6 N–H and O–H groups in total. The van der Waals surface area contributed by atoms with E-state index in [0.717, 1.165) is 16.7 Å². The Labute approximate surface area is 84.0 Å². The van der Waals surface area contributed by atoms with Crippen molar-refractivity contribution < 1.29 is 4.74 Å². The van der Waals surface area contributed by atoms with Crippen LogP contribution in [0.5, 0.6) is 5.75 Å². The Balaban J connectivity index is 3.40. The highest BCUT2D eigenvalue weighted by atomic mass is 16.5. The topological polar surface area (TPSA) is 87.3 Å². The molecule has 0 spiro atoms. The lowest BCUT2D eigenvalue weighted by molar-refractivity contribution is 0.411. The van der Waals surface area contributed by atoms with Gasteiger partial charge in [0.1, 0.15) is 5.75 Å². The number of hydrogen-bond donors (Lipinski definition) is 3. The van der Waals surface area contributed by atoms with Crippen LogP contribution in [0.1, 0.15) is 16.7 Å². The molecule has 78 valence electrons. The Hall–Kier alpha value is -1.26. The molecule has 1 aromatic rings. The molecule has 0 aliphatic rings. The Kier molecular flexibility index (Phi) is 3.33. The van der Waals surface area contributed by atoms with Gasteiger partial charge in [0.25, 0.3) is 0 Å². The van der Waals surface area contributed by atoms with Gasteiger partial charge in [-0.2, -0.15) is 0 Å². The molecule has 0 saturated heterocycles. The average molecular weight is 195 g/mol. The number of hydrogen-bond acceptors (Lipinski definition) is 4. The van der Waals surface area contributed by atoms with Gasteiger partial charge in [-0.1, -0.05) is 0 Å². The molecule has 0 unspecified atom stereocenters. The first-order valence-electron chi connectivity index (χ1n) is 4.50. The van der Waals surface area contributed by atoms with E-state index in [0.29, 0.717) is 24.5 Å². The van der Waals surface area contributed by atoms with Crippen molar-refractivity contribution in [1.29, 1.82) is 0 Å². The van der Waals surface area contributed by atoms with Gasteiger partial charge in [0.2, 0.25) is 0 Å². The lowest BCUT2D eigenvalue weighted by atomic mass is 10.00. The molecule has 1 aromatic carbocycles. The van der Waals surface area contributed by atoms with Crippen LogP contribution in [0.4, 0.5) is 5.69 Å². The molecule has 0 aromatic heterocycles. The molecular weight excluding hydrogens is 178 g/mol. The first-order chi connectivity index (χ1) is 6.65. The highest BCUT2D eigenvalue weighted by Crippen LogP contribution is 2.31. The van der Waals surface area contributed by atoms with Crippen molar-refractivity contribution in [3.05, 3.63) is 22.8 Å². The van der Waals surface area contributed by atoms with Crippen molar-refractivity contribution in [3.63, 3.8) is 0 Å². The highest BCUT2D eigenvalue weighted by molar-refractivity contribution is 5.62. The summed E-state index contributed by atoms with van der Waals surface area (Å²) in [4.78, 5) is 0. The normalized spacial score (nSPS) is 10.3. The molecule has 4 heteroatoms. The Morgan fingerprint density at radius 1 is 1.29 bits per heavy atom. The van der Waals surface area contributed by atoms with Gasteiger partial charge in [-0.3, -0.25) is 0 Å². The number of nitrogens with two attached hydrogens (primary N) is 3. The van der Waals surface area contributed by atoms with E-state index in [1.807, 2.05) is 13.0 Å². The molecule has 0 amide bonds.